The molecule has 0 saturated heterocycles. The largest absolute Gasteiger partial charge is 0.478 e. The molecule has 2 N–H and O–H groups in total. The summed E-state index contributed by atoms with van der Waals surface area (Å²) >= 11 is 12.2. The number of carbonyl (C=O) groups excluding carboxylic acids is 1. The molecule has 1 rings (SSSR count). The Balaban J connectivity index is 3.22. The molecule has 14 heavy (non-hydrogen) atoms. The molecule has 0 atom stereocenters. The first kappa shape index (κ1) is 11.3. The summed E-state index contributed by atoms with van der Waals surface area (Å²) in [5, 5.41) is 11.2. The minimum Gasteiger partial charge on any atom is -0.478 e. The molecule has 0 saturated carbocycles. The molecule has 4 nitrogen and oxygen atoms in total. The van der Waals surface area contributed by atoms with Crippen LogP contribution in [-0.2, 0) is 4.79 Å². The highest BCUT2D eigenvalue weighted by Gasteiger charge is 2.21. The van der Waals surface area contributed by atoms with E-state index in [-0.39, 0.29) is 25.8 Å². The van der Waals surface area contributed by atoms with Crippen molar-refractivity contribution < 1.29 is 14.7 Å². The molecular formula is C7H5Cl2NO3S. The topological polar surface area (TPSA) is 66.4 Å². The first-order valence-electron chi connectivity index (χ1n) is 3.42. The van der Waals surface area contributed by atoms with Gasteiger partial charge in [0.15, 0.2) is 0 Å². The van der Waals surface area contributed by atoms with E-state index in [0.717, 1.165) is 11.3 Å². The number of nitrogens with one attached hydrogen (secondary N) is 1. The lowest BCUT2D eigenvalue weighted by Gasteiger charge is -1.99. The highest BCUT2D eigenvalue weighted by molar-refractivity contribution is 7.21. The van der Waals surface area contributed by atoms with Gasteiger partial charge in [-0.3, -0.25) is 4.79 Å². The Morgan fingerprint density at radius 2 is 2.00 bits per heavy atom. The van der Waals surface area contributed by atoms with Gasteiger partial charge in [-0.2, -0.15) is 0 Å². The van der Waals surface area contributed by atoms with Gasteiger partial charge >= 0.3 is 5.97 Å². The summed E-state index contributed by atoms with van der Waals surface area (Å²) in [6, 6.07) is 0. The molecule has 76 valence electrons. The molecule has 7 heteroatoms. The first-order chi connectivity index (χ1) is 6.43. The van der Waals surface area contributed by atoms with Crippen LogP contribution in [0.2, 0.25) is 9.36 Å². The third kappa shape index (κ3) is 2.17. The number of hydrogen-bond acceptors (Lipinski definition) is 3. The number of rotatable bonds is 2. The number of halogens is 2. The van der Waals surface area contributed by atoms with Crippen molar-refractivity contribution in [1.82, 2.24) is 0 Å². The van der Waals surface area contributed by atoms with E-state index in [0.29, 0.717) is 0 Å². The number of carboxylic acid groups (broad SMARTS) is 1. The summed E-state index contributed by atoms with van der Waals surface area (Å²) in [7, 11) is 0. The van der Waals surface area contributed by atoms with Crippen LogP contribution in [0.5, 0.6) is 0 Å². The second kappa shape index (κ2) is 4.16. The van der Waals surface area contributed by atoms with Crippen LogP contribution in [0.25, 0.3) is 0 Å². The van der Waals surface area contributed by atoms with E-state index in [1.807, 2.05) is 0 Å². The summed E-state index contributed by atoms with van der Waals surface area (Å²) < 4.78 is 0.146. The van der Waals surface area contributed by atoms with Crippen LogP contribution in [0.3, 0.4) is 0 Å². The van der Waals surface area contributed by atoms with Gasteiger partial charge in [-0.1, -0.05) is 23.2 Å². The van der Waals surface area contributed by atoms with Gasteiger partial charge in [0, 0.05) is 6.92 Å². The standard InChI is InChI=1S/C7H5Cl2NO3S/c1-2(11)10-6-3(7(12)13)4(8)5(9)14-6/h1H3,(H,10,11)(H,12,13). The second-order valence-corrected chi connectivity index (χ2v) is 4.38. The lowest BCUT2D eigenvalue weighted by Crippen LogP contribution is -2.08. The molecular weight excluding hydrogens is 249 g/mol. The van der Waals surface area contributed by atoms with Gasteiger partial charge in [0.25, 0.3) is 0 Å². The van der Waals surface area contributed by atoms with Crippen LogP contribution in [0.15, 0.2) is 0 Å². The van der Waals surface area contributed by atoms with Crippen molar-refractivity contribution in [1.29, 1.82) is 0 Å². The minimum atomic E-state index is -1.22. The molecule has 1 aromatic rings. The van der Waals surface area contributed by atoms with Crippen LogP contribution in [0.1, 0.15) is 17.3 Å². The molecule has 1 heterocycles. The maximum Gasteiger partial charge on any atom is 0.340 e. The summed E-state index contributed by atoms with van der Waals surface area (Å²) in [6.45, 7) is 1.27. The van der Waals surface area contributed by atoms with E-state index in [9.17, 15) is 9.59 Å². The molecule has 1 amide bonds. The monoisotopic (exact) mass is 253 g/mol. The Bertz CT molecular complexity index is 402. The maximum atomic E-state index is 10.7. The van der Waals surface area contributed by atoms with Gasteiger partial charge < -0.3 is 10.4 Å². The molecule has 0 aromatic carbocycles. The average molecular weight is 254 g/mol. The first-order valence-corrected chi connectivity index (χ1v) is 4.99. The van der Waals surface area contributed by atoms with Gasteiger partial charge in [0.1, 0.15) is 14.9 Å². The van der Waals surface area contributed by atoms with Crippen molar-refractivity contribution in [3.05, 3.63) is 14.9 Å². The molecule has 0 bridgehead atoms. The summed E-state index contributed by atoms with van der Waals surface area (Å²) in [5.41, 5.74) is -0.170. The molecule has 0 aliphatic heterocycles. The van der Waals surface area contributed by atoms with Gasteiger partial charge in [0.2, 0.25) is 5.91 Å². The van der Waals surface area contributed by atoms with Crippen molar-refractivity contribution in [2.24, 2.45) is 0 Å². The smallest absolute Gasteiger partial charge is 0.340 e. The highest BCUT2D eigenvalue weighted by Crippen LogP contribution is 2.40. The third-order valence-corrected chi connectivity index (χ3v) is 3.22. The van der Waals surface area contributed by atoms with Crippen LogP contribution >= 0.6 is 34.5 Å². The number of aromatic carboxylic acids is 1. The maximum absolute atomic E-state index is 10.7. The van der Waals surface area contributed by atoms with Crippen LogP contribution in [0.4, 0.5) is 5.00 Å². The van der Waals surface area contributed by atoms with Crippen LogP contribution in [0, 0.1) is 0 Å². The van der Waals surface area contributed by atoms with Crippen molar-refractivity contribution in [3.63, 3.8) is 0 Å². The van der Waals surface area contributed by atoms with E-state index in [1.165, 1.54) is 6.92 Å². The Kier molecular flexibility index (Phi) is 3.36. The van der Waals surface area contributed by atoms with E-state index >= 15 is 0 Å². The Morgan fingerprint density at radius 1 is 1.43 bits per heavy atom. The molecule has 0 aliphatic rings. The fraction of sp³-hybridized carbons (Fsp3) is 0.143. The Hall–Kier alpha value is -0.780. The zero-order valence-electron chi connectivity index (χ0n) is 6.93. The minimum absolute atomic E-state index is 0.0482. The fourth-order valence-corrected chi connectivity index (χ4v) is 2.35. The van der Waals surface area contributed by atoms with Gasteiger partial charge in [0.05, 0.1) is 5.02 Å². The van der Waals surface area contributed by atoms with Gasteiger partial charge in [-0.25, -0.2) is 4.79 Å². The normalized spacial score (nSPS) is 9.93. The van der Waals surface area contributed by atoms with Crippen molar-refractivity contribution in [3.8, 4) is 0 Å². The van der Waals surface area contributed by atoms with Crippen molar-refractivity contribution in [2.45, 2.75) is 6.92 Å². The van der Waals surface area contributed by atoms with Gasteiger partial charge in [-0.15, -0.1) is 11.3 Å². The zero-order chi connectivity index (χ0) is 10.9. The fourth-order valence-electron chi connectivity index (χ4n) is 0.822. The molecule has 1 aromatic heterocycles. The van der Waals surface area contributed by atoms with E-state index < -0.39 is 5.97 Å². The Labute approximate surface area is 93.4 Å². The number of anilines is 1. The summed E-state index contributed by atoms with van der Waals surface area (Å²) in [5.74, 6) is -1.59. The highest BCUT2D eigenvalue weighted by atomic mass is 35.5. The summed E-state index contributed by atoms with van der Waals surface area (Å²) in [6.07, 6.45) is 0. The molecule has 0 aliphatic carbocycles. The van der Waals surface area contributed by atoms with Crippen LogP contribution < -0.4 is 5.32 Å². The zero-order valence-corrected chi connectivity index (χ0v) is 9.26. The molecule has 0 unspecified atom stereocenters. The Morgan fingerprint density at radius 3 is 2.43 bits per heavy atom. The second-order valence-electron chi connectivity index (χ2n) is 2.38. The predicted octanol–water partition coefficient (Wildman–Crippen LogP) is 2.71. The van der Waals surface area contributed by atoms with Crippen molar-refractivity contribution >= 4 is 51.4 Å². The average Bonchev–Trinajstić information content (AvgIpc) is 2.26. The van der Waals surface area contributed by atoms with E-state index in [1.54, 1.807) is 0 Å². The number of amides is 1. The number of carboxylic acids is 1. The molecule has 0 radical (unpaired) electrons. The number of thiophene rings is 1. The summed E-state index contributed by atoms with van der Waals surface area (Å²) in [4.78, 5) is 21.5. The van der Waals surface area contributed by atoms with Crippen LogP contribution in [-0.4, -0.2) is 17.0 Å². The van der Waals surface area contributed by atoms with E-state index in [4.69, 9.17) is 28.3 Å². The number of hydrogen-bond donors (Lipinski definition) is 2. The number of carbonyl (C=O) groups is 2. The van der Waals surface area contributed by atoms with Gasteiger partial charge in [-0.05, 0) is 0 Å². The molecule has 0 spiro atoms. The lowest BCUT2D eigenvalue weighted by molar-refractivity contribution is -0.114. The SMILES string of the molecule is CC(=O)Nc1sc(Cl)c(Cl)c1C(=O)O. The quantitative estimate of drug-likeness (QED) is 0.852. The van der Waals surface area contributed by atoms with Crippen molar-refractivity contribution in [2.75, 3.05) is 5.32 Å². The third-order valence-electron chi connectivity index (χ3n) is 1.31. The lowest BCUT2D eigenvalue weighted by atomic mass is 10.3. The van der Waals surface area contributed by atoms with E-state index in [2.05, 4.69) is 5.32 Å². The predicted molar refractivity (Wildman–Crippen MR) is 55.6 cm³/mol. The molecule has 0 fully saturated rings.